The van der Waals surface area contributed by atoms with Crippen LogP contribution in [0.2, 0.25) is 18.1 Å². The number of nitrogens with zero attached hydrogens (tertiary/aromatic N) is 2. The second kappa shape index (κ2) is 12.9. The Balaban J connectivity index is 1.38. The zero-order chi connectivity index (χ0) is 33.3. The number of hydrogen-bond donors (Lipinski definition) is 1. The van der Waals surface area contributed by atoms with Crippen LogP contribution in [0, 0.1) is 6.92 Å². The second-order valence-electron chi connectivity index (χ2n) is 12.7. The van der Waals surface area contributed by atoms with Gasteiger partial charge in [0.05, 0.1) is 6.61 Å². The molecule has 2 heterocycles. The van der Waals surface area contributed by atoms with E-state index in [9.17, 15) is 26.4 Å². The van der Waals surface area contributed by atoms with E-state index in [0.717, 1.165) is 23.1 Å². The van der Waals surface area contributed by atoms with Gasteiger partial charge in [0.25, 0.3) is 5.91 Å². The SMILES string of the molecule is Cc1c(/C=C/S(=O)(=O)N2CCC3(CC2)N=C(c2cccc(OC(F)(F)F)c2)NC3=O)cccc1OCCO[Si](C)(C)C(C)(C)C. The van der Waals surface area contributed by atoms with Crippen molar-refractivity contribution in [2.24, 2.45) is 4.99 Å². The fourth-order valence-electron chi connectivity index (χ4n) is 4.82. The first-order chi connectivity index (χ1) is 20.8. The average molecular weight is 668 g/mol. The molecule has 1 spiro atoms. The number of ether oxygens (including phenoxy) is 2. The van der Waals surface area contributed by atoms with Gasteiger partial charge in [0.2, 0.25) is 10.0 Å². The van der Waals surface area contributed by atoms with E-state index in [4.69, 9.17) is 9.16 Å². The molecule has 0 aromatic heterocycles. The van der Waals surface area contributed by atoms with E-state index < -0.39 is 41.9 Å². The molecule has 45 heavy (non-hydrogen) atoms. The van der Waals surface area contributed by atoms with Crippen molar-refractivity contribution in [1.29, 1.82) is 0 Å². The van der Waals surface area contributed by atoms with Crippen LogP contribution in [-0.4, -0.2) is 71.0 Å². The van der Waals surface area contributed by atoms with Crippen LogP contribution in [0.5, 0.6) is 11.5 Å². The van der Waals surface area contributed by atoms with E-state index in [1.54, 1.807) is 12.1 Å². The molecule has 0 unspecified atom stereocenters. The molecule has 9 nitrogen and oxygen atoms in total. The van der Waals surface area contributed by atoms with Crippen LogP contribution in [0.1, 0.15) is 50.3 Å². The number of hydrogen-bond acceptors (Lipinski definition) is 7. The summed E-state index contributed by atoms with van der Waals surface area (Å²) in [6, 6.07) is 10.6. The quantitative estimate of drug-likeness (QED) is 0.246. The molecular weight excluding hydrogens is 628 g/mol. The minimum absolute atomic E-state index is 0.0461. The zero-order valence-corrected chi connectivity index (χ0v) is 28.1. The normalized spacial score (nSPS) is 17.9. The van der Waals surface area contributed by atoms with Crippen molar-refractivity contribution in [2.75, 3.05) is 26.3 Å². The summed E-state index contributed by atoms with van der Waals surface area (Å²) >= 11 is 0. The monoisotopic (exact) mass is 667 g/mol. The number of benzene rings is 2. The second-order valence-corrected chi connectivity index (χ2v) is 19.3. The molecule has 0 saturated carbocycles. The summed E-state index contributed by atoms with van der Waals surface area (Å²) in [5.41, 5.74) is 0.534. The molecule has 2 aromatic carbocycles. The molecular formula is C31H40F3N3O6SSi. The van der Waals surface area contributed by atoms with Crippen molar-refractivity contribution in [2.45, 2.75) is 70.6 Å². The van der Waals surface area contributed by atoms with Gasteiger partial charge in [0, 0.05) is 24.1 Å². The first kappa shape index (κ1) is 34.7. The van der Waals surface area contributed by atoms with Gasteiger partial charge in [-0.1, -0.05) is 45.0 Å². The fraction of sp³-hybridized carbons (Fsp3) is 0.484. The maximum Gasteiger partial charge on any atom is 0.573 e. The number of sulfonamides is 1. The topological polar surface area (TPSA) is 107 Å². The summed E-state index contributed by atoms with van der Waals surface area (Å²) in [5, 5.41) is 3.88. The van der Waals surface area contributed by atoms with E-state index in [2.05, 4.69) is 48.9 Å². The van der Waals surface area contributed by atoms with Crippen molar-refractivity contribution in [3.8, 4) is 11.5 Å². The number of amides is 1. The van der Waals surface area contributed by atoms with Crippen LogP contribution in [0.3, 0.4) is 0 Å². The Bertz CT molecular complexity index is 1580. The molecule has 4 rings (SSSR count). The third-order valence-electron chi connectivity index (χ3n) is 8.59. The van der Waals surface area contributed by atoms with Crippen LogP contribution >= 0.6 is 0 Å². The highest BCUT2D eigenvalue weighted by atomic mass is 32.2. The van der Waals surface area contributed by atoms with Crippen LogP contribution in [0.4, 0.5) is 13.2 Å². The first-order valence-corrected chi connectivity index (χ1v) is 19.1. The highest BCUT2D eigenvalue weighted by Gasteiger charge is 2.47. The van der Waals surface area contributed by atoms with Crippen molar-refractivity contribution < 1.29 is 40.3 Å². The Kier molecular flexibility index (Phi) is 9.93. The van der Waals surface area contributed by atoms with Gasteiger partial charge in [-0.05, 0) is 73.3 Å². The number of piperidine rings is 1. The highest BCUT2D eigenvalue weighted by molar-refractivity contribution is 7.92. The first-order valence-electron chi connectivity index (χ1n) is 14.6. The number of alkyl halides is 3. The lowest BCUT2D eigenvalue weighted by molar-refractivity contribution is -0.274. The Morgan fingerprint density at radius 2 is 1.73 bits per heavy atom. The van der Waals surface area contributed by atoms with Crippen LogP contribution < -0.4 is 14.8 Å². The molecule has 1 N–H and O–H groups in total. The van der Waals surface area contributed by atoms with Gasteiger partial charge in [-0.2, -0.15) is 4.31 Å². The molecule has 0 radical (unpaired) electrons. The molecule has 2 aliphatic heterocycles. The smallest absolute Gasteiger partial charge is 0.491 e. The number of halogens is 3. The van der Waals surface area contributed by atoms with E-state index >= 15 is 0 Å². The Hall–Kier alpha value is -3.20. The van der Waals surface area contributed by atoms with Crippen molar-refractivity contribution in [3.05, 3.63) is 64.6 Å². The third-order valence-corrected chi connectivity index (χ3v) is 14.7. The van der Waals surface area contributed by atoms with Crippen molar-refractivity contribution in [3.63, 3.8) is 0 Å². The van der Waals surface area contributed by atoms with Gasteiger partial charge in [-0.15, -0.1) is 13.2 Å². The van der Waals surface area contributed by atoms with Gasteiger partial charge in [0.1, 0.15) is 29.5 Å². The van der Waals surface area contributed by atoms with Gasteiger partial charge in [-0.3, -0.25) is 9.79 Å². The highest BCUT2D eigenvalue weighted by Crippen LogP contribution is 2.37. The molecule has 1 fully saturated rings. The number of carbonyl (C=O) groups excluding carboxylic acids is 1. The summed E-state index contributed by atoms with van der Waals surface area (Å²) in [4.78, 5) is 17.4. The van der Waals surface area contributed by atoms with Crippen LogP contribution in [-0.2, 0) is 19.2 Å². The average Bonchev–Trinajstić information content (AvgIpc) is 3.25. The predicted molar refractivity (Wildman–Crippen MR) is 169 cm³/mol. The van der Waals surface area contributed by atoms with Crippen LogP contribution in [0.25, 0.3) is 6.08 Å². The molecule has 2 aliphatic rings. The predicted octanol–water partition coefficient (Wildman–Crippen LogP) is 6.01. The number of nitrogens with one attached hydrogen (secondary N) is 1. The fourth-order valence-corrected chi connectivity index (χ4v) is 7.03. The summed E-state index contributed by atoms with van der Waals surface area (Å²) in [5.74, 6) is -0.0966. The zero-order valence-electron chi connectivity index (χ0n) is 26.3. The summed E-state index contributed by atoms with van der Waals surface area (Å²) in [6.07, 6.45) is -3.09. The Morgan fingerprint density at radius 1 is 1.07 bits per heavy atom. The molecule has 0 atom stereocenters. The van der Waals surface area contributed by atoms with E-state index in [-0.39, 0.29) is 42.4 Å². The largest absolute Gasteiger partial charge is 0.573 e. The van der Waals surface area contributed by atoms with Gasteiger partial charge < -0.3 is 19.2 Å². The lowest BCUT2D eigenvalue weighted by atomic mass is 9.89. The lowest BCUT2D eigenvalue weighted by Gasteiger charge is -2.36. The van der Waals surface area contributed by atoms with E-state index in [1.807, 2.05) is 13.0 Å². The van der Waals surface area contributed by atoms with Gasteiger partial charge in [0.15, 0.2) is 8.32 Å². The number of carbonyl (C=O) groups is 1. The lowest BCUT2D eigenvalue weighted by Crippen LogP contribution is -2.50. The van der Waals surface area contributed by atoms with E-state index in [1.165, 1.54) is 22.5 Å². The maximum absolute atomic E-state index is 13.2. The van der Waals surface area contributed by atoms with E-state index in [0.29, 0.717) is 24.5 Å². The Labute approximate surface area is 263 Å². The van der Waals surface area contributed by atoms with Crippen LogP contribution in [0.15, 0.2) is 52.9 Å². The molecule has 1 amide bonds. The molecule has 0 bridgehead atoms. The minimum Gasteiger partial charge on any atom is -0.491 e. The summed E-state index contributed by atoms with van der Waals surface area (Å²) in [7, 11) is -5.71. The molecule has 2 aromatic rings. The third kappa shape index (κ3) is 8.34. The Morgan fingerprint density at radius 3 is 2.38 bits per heavy atom. The maximum atomic E-state index is 13.2. The number of rotatable bonds is 10. The number of amidine groups is 1. The minimum atomic E-state index is -4.86. The van der Waals surface area contributed by atoms with Gasteiger partial charge >= 0.3 is 6.36 Å². The molecule has 246 valence electrons. The number of aliphatic imine (C=N–C) groups is 1. The van der Waals surface area contributed by atoms with Gasteiger partial charge in [-0.25, -0.2) is 8.42 Å². The summed E-state index contributed by atoms with van der Waals surface area (Å²) < 4.78 is 81.8. The molecule has 1 saturated heterocycles. The standard InChI is InChI=1S/C31H40F3N3O6SSi/c1-22-23(9-8-12-26(22)41-18-19-42-45(5,6)29(2,3)4)13-20-44(39,40)37-16-14-30(15-17-37)28(38)35-27(36-30)24-10-7-11-25(21-24)43-31(32,33)34/h7-13,20-21H,14-19H2,1-6H3,(H,35,36,38)/b20-13+. The van der Waals surface area contributed by atoms with Crippen molar-refractivity contribution in [1.82, 2.24) is 9.62 Å². The summed E-state index contributed by atoms with van der Waals surface area (Å²) in [6.45, 7) is 13.7. The molecule has 14 heteroatoms. The molecule has 0 aliphatic carbocycles. The van der Waals surface area contributed by atoms with Crippen molar-refractivity contribution >= 4 is 36.2 Å².